The van der Waals surface area contributed by atoms with Crippen LogP contribution in [0.15, 0.2) is 33.7 Å². The number of halogens is 1. The molecule has 0 saturated heterocycles. The topological polar surface area (TPSA) is 49.7 Å². The van der Waals surface area contributed by atoms with Crippen LogP contribution in [0.2, 0.25) is 0 Å². The maximum Gasteiger partial charge on any atom is 0.329 e. The van der Waals surface area contributed by atoms with Crippen LogP contribution in [0.25, 0.3) is 0 Å². The molecule has 2 rings (SSSR count). The highest BCUT2D eigenvalue weighted by molar-refractivity contribution is 9.10. The fraction of sp³-hybridized carbons (Fsp3) is 0.273. The zero-order valence-electron chi connectivity index (χ0n) is 8.39. The normalized spacial score (nSPS) is 19.6. The molecule has 1 N–H and O–H groups in total. The molecule has 0 spiro atoms. The number of carboxylic acids is 1. The minimum atomic E-state index is -0.835. The Balaban J connectivity index is 2.03. The van der Waals surface area contributed by atoms with Gasteiger partial charge in [-0.25, -0.2) is 4.79 Å². The maximum absolute atomic E-state index is 10.7. The first-order valence-electron chi connectivity index (χ1n) is 4.82. The molecule has 0 aliphatic carbocycles. The maximum atomic E-state index is 10.7. The molecule has 0 radical (unpaired) electrons. The van der Waals surface area contributed by atoms with Crippen molar-refractivity contribution in [3.8, 4) is 0 Å². The first kappa shape index (κ1) is 11.7. The Bertz CT molecular complexity index is 430. The zero-order valence-corrected chi connectivity index (χ0v) is 10.8. The number of carbonyl (C=O) groups is 1. The molecule has 3 nitrogen and oxygen atoms in total. The van der Waals surface area contributed by atoms with Crippen molar-refractivity contribution < 1.29 is 9.90 Å². The van der Waals surface area contributed by atoms with Crippen LogP contribution >= 0.6 is 27.7 Å². The lowest BCUT2D eigenvalue weighted by atomic mass is 10.2. The van der Waals surface area contributed by atoms with Crippen LogP contribution in [0.3, 0.4) is 0 Å². The summed E-state index contributed by atoms with van der Waals surface area (Å²) in [7, 11) is 0. The number of benzene rings is 1. The van der Waals surface area contributed by atoms with E-state index in [1.165, 1.54) is 11.8 Å². The smallest absolute Gasteiger partial charge is 0.329 e. The second-order valence-electron chi connectivity index (χ2n) is 3.49. The van der Waals surface area contributed by atoms with Crippen LogP contribution in [-0.2, 0) is 11.2 Å². The molecule has 0 fully saturated rings. The van der Waals surface area contributed by atoms with Crippen molar-refractivity contribution in [1.29, 1.82) is 0 Å². The van der Waals surface area contributed by atoms with Crippen LogP contribution in [0, 0.1) is 0 Å². The Labute approximate surface area is 106 Å². The van der Waals surface area contributed by atoms with E-state index < -0.39 is 12.0 Å². The molecule has 0 aromatic heterocycles. The van der Waals surface area contributed by atoms with E-state index in [4.69, 9.17) is 5.11 Å². The number of rotatable bonds is 3. The Morgan fingerprint density at radius 1 is 1.50 bits per heavy atom. The van der Waals surface area contributed by atoms with E-state index in [1.807, 2.05) is 24.3 Å². The van der Waals surface area contributed by atoms with Crippen LogP contribution in [0.1, 0.15) is 5.56 Å². The third kappa shape index (κ3) is 2.86. The molecule has 1 heterocycles. The van der Waals surface area contributed by atoms with Crippen LogP contribution in [0.5, 0.6) is 0 Å². The molecule has 0 saturated carbocycles. The van der Waals surface area contributed by atoms with Gasteiger partial charge in [-0.15, -0.1) is 11.8 Å². The summed E-state index contributed by atoms with van der Waals surface area (Å²) in [5.74, 6) is -0.278. The highest BCUT2D eigenvalue weighted by Gasteiger charge is 2.24. The van der Waals surface area contributed by atoms with Gasteiger partial charge in [-0.3, -0.25) is 4.99 Å². The van der Waals surface area contributed by atoms with E-state index in [0.29, 0.717) is 5.75 Å². The minimum absolute atomic E-state index is 0.557. The number of thioether (sulfide) groups is 1. The van der Waals surface area contributed by atoms with Gasteiger partial charge >= 0.3 is 5.97 Å². The lowest BCUT2D eigenvalue weighted by Crippen LogP contribution is -2.17. The Morgan fingerprint density at radius 2 is 2.19 bits per heavy atom. The van der Waals surface area contributed by atoms with Gasteiger partial charge in [0.05, 0.1) is 5.04 Å². The number of hydrogen-bond acceptors (Lipinski definition) is 3. The molecule has 0 bridgehead atoms. The summed E-state index contributed by atoms with van der Waals surface area (Å²) in [6.45, 7) is 0. The first-order chi connectivity index (χ1) is 7.65. The van der Waals surface area contributed by atoms with E-state index in [2.05, 4.69) is 20.9 Å². The van der Waals surface area contributed by atoms with Crippen LogP contribution in [-0.4, -0.2) is 27.9 Å². The van der Waals surface area contributed by atoms with Crippen molar-refractivity contribution in [2.75, 3.05) is 5.75 Å². The molecule has 1 aromatic carbocycles. The third-order valence-electron chi connectivity index (χ3n) is 2.26. The average Bonchev–Trinajstić information content (AvgIpc) is 2.70. The Hall–Kier alpha value is -0.810. The number of aliphatic carboxylic acids is 1. The van der Waals surface area contributed by atoms with E-state index in [1.54, 1.807) is 0 Å². The predicted molar refractivity (Wildman–Crippen MR) is 69.2 cm³/mol. The van der Waals surface area contributed by atoms with E-state index in [0.717, 1.165) is 21.5 Å². The molecule has 1 aliphatic heterocycles. The lowest BCUT2D eigenvalue weighted by molar-refractivity contribution is -0.137. The Kier molecular flexibility index (Phi) is 3.66. The predicted octanol–water partition coefficient (Wildman–Crippen LogP) is 2.59. The van der Waals surface area contributed by atoms with Gasteiger partial charge in [0.15, 0.2) is 6.04 Å². The zero-order chi connectivity index (χ0) is 11.5. The van der Waals surface area contributed by atoms with Gasteiger partial charge in [-0.1, -0.05) is 28.1 Å². The number of hydrogen-bond donors (Lipinski definition) is 1. The molecule has 0 unspecified atom stereocenters. The summed E-state index contributed by atoms with van der Waals surface area (Å²) in [6.07, 6.45) is 0.724. The van der Waals surface area contributed by atoms with Crippen molar-refractivity contribution in [2.45, 2.75) is 12.5 Å². The van der Waals surface area contributed by atoms with Gasteiger partial charge in [-0.05, 0) is 17.7 Å². The number of nitrogens with zero attached hydrogens (tertiary/aromatic N) is 1. The number of aliphatic imine (C=N–C) groups is 1. The first-order valence-corrected chi connectivity index (χ1v) is 6.60. The molecule has 1 aromatic rings. The molecule has 0 amide bonds. The average molecular weight is 300 g/mol. The van der Waals surface area contributed by atoms with E-state index in [-0.39, 0.29) is 0 Å². The van der Waals surface area contributed by atoms with Crippen molar-refractivity contribution in [3.63, 3.8) is 0 Å². The lowest BCUT2D eigenvalue weighted by Gasteiger charge is -2.00. The molecule has 84 valence electrons. The monoisotopic (exact) mass is 299 g/mol. The van der Waals surface area contributed by atoms with E-state index >= 15 is 0 Å². The van der Waals surface area contributed by atoms with Crippen LogP contribution < -0.4 is 0 Å². The SMILES string of the molecule is O=C(O)[C@H]1CSC(Cc2ccc(Br)cc2)=N1. The fourth-order valence-corrected chi connectivity index (χ4v) is 2.73. The summed E-state index contributed by atoms with van der Waals surface area (Å²) in [6, 6.07) is 7.42. The molecular formula is C11H10BrNO2S. The summed E-state index contributed by atoms with van der Waals surface area (Å²) >= 11 is 4.91. The number of carboxylic acid groups (broad SMARTS) is 1. The summed E-state index contributed by atoms with van der Waals surface area (Å²) in [5.41, 5.74) is 1.15. The highest BCUT2D eigenvalue weighted by atomic mass is 79.9. The largest absolute Gasteiger partial charge is 0.480 e. The van der Waals surface area contributed by atoms with Gasteiger partial charge in [0.2, 0.25) is 0 Å². The third-order valence-corrected chi connectivity index (χ3v) is 3.86. The van der Waals surface area contributed by atoms with Crippen molar-refractivity contribution >= 4 is 38.7 Å². The van der Waals surface area contributed by atoms with Crippen molar-refractivity contribution in [3.05, 3.63) is 34.3 Å². The second kappa shape index (κ2) is 5.01. The quantitative estimate of drug-likeness (QED) is 0.933. The van der Waals surface area contributed by atoms with Crippen LogP contribution in [0.4, 0.5) is 0 Å². The van der Waals surface area contributed by atoms with E-state index in [9.17, 15) is 4.79 Å². The van der Waals surface area contributed by atoms with Gasteiger partial charge in [0.1, 0.15) is 0 Å². The van der Waals surface area contributed by atoms with Gasteiger partial charge in [0.25, 0.3) is 0 Å². The molecule has 5 heteroatoms. The fourth-order valence-electron chi connectivity index (χ4n) is 1.42. The van der Waals surface area contributed by atoms with Crippen molar-refractivity contribution in [1.82, 2.24) is 0 Å². The van der Waals surface area contributed by atoms with Gasteiger partial charge < -0.3 is 5.11 Å². The summed E-state index contributed by atoms with van der Waals surface area (Å²) in [5, 5.41) is 9.72. The molecule has 1 atom stereocenters. The molecule has 1 aliphatic rings. The highest BCUT2D eigenvalue weighted by Crippen LogP contribution is 2.22. The Morgan fingerprint density at radius 3 is 2.75 bits per heavy atom. The van der Waals surface area contributed by atoms with Gasteiger partial charge in [0, 0.05) is 16.6 Å². The molecular weight excluding hydrogens is 290 g/mol. The summed E-state index contributed by atoms with van der Waals surface area (Å²) < 4.78 is 1.04. The van der Waals surface area contributed by atoms with Crippen molar-refractivity contribution in [2.24, 2.45) is 4.99 Å². The van der Waals surface area contributed by atoms with Gasteiger partial charge in [-0.2, -0.15) is 0 Å². The standard InChI is InChI=1S/C11H10BrNO2S/c12-8-3-1-7(2-4-8)5-10-13-9(6-16-10)11(14)15/h1-4,9H,5-6H2,(H,14,15)/t9-/m1/s1. The minimum Gasteiger partial charge on any atom is -0.480 e. The molecule has 16 heavy (non-hydrogen) atoms. The summed E-state index contributed by atoms with van der Waals surface area (Å²) in [4.78, 5) is 14.9. The second-order valence-corrected chi connectivity index (χ2v) is 5.50.